The predicted molar refractivity (Wildman–Crippen MR) is 92.9 cm³/mol. The largest absolute Gasteiger partial charge is 0.495 e. The SMILES string of the molecule is COc1ccc(NC(=O)COc2ccccc2NC(C)=O)cc1Cl. The van der Waals surface area contributed by atoms with E-state index in [-0.39, 0.29) is 18.4 Å². The number of para-hydroxylation sites is 2. The van der Waals surface area contributed by atoms with Crippen molar-refractivity contribution in [2.75, 3.05) is 24.4 Å². The molecule has 0 aliphatic carbocycles. The number of nitrogens with one attached hydrogen (secondary N) is 2. The van der Waals surface area contributed by atoms with Crippen molar-refractivity contribution in [2.24, 2.45) is 0 Å². The highest BCUT2D eigenvalue weighted by Gasteiger charge is 2.09. The van der Waals surface area contributed by atoms with Gasteiger partial charge in [-0.25, -0.2) is 0 Å². The van der Waals surface area contributed by atoms with E-state index < -0.39 is 0 Å². The van der Waals surface area contributed by atoms with Gasteiger partial charge in [0, 0.05) is 12.6 Å². The van der Waals surface area contributed by atoms with Gasteiger partial charge in [0.15, 0.2) is 6.61 Å². The molecule has 0 aliphatic heterocycles. The minimum Gasteiger partial charge on any atom is -0.495 e. The highest BCUT2D eigenvalue weighted by atomic mass is 35.5. The first-order valence-electron chi connectivity index (χ1n) is 7.12. The quantitative estimate of drug-likeness (QED) is 0.839. The summed E-state index contributed by atoms with van der Waals surface area (Å²) < 4.78 is 10.5. The highest BCUT2D eigenvalue weighted by Crippen LogP contribution is 2.27. The zero-order valence-corrected chi connectivity index (χ0v) is 14.0. The van der Waals surface area contributed by atoms with Crippen LogP contribution in [0, 0.1) is 0 Å². The number of carbonyl (C=O) groups is 2. The molecule has 0 saturated heterocycles. The van der Waals surface area contributed by atoms with E-state index in [0.29, 0.717) is 27.9 Å². The summed E-state index contributed by atoms with van der Waals surface area (Å²) in [5, 5.41) is 5.71. The molecule has 2 aromatic carbocycles. The molecule has 0 heterocycles. The summed E-state index contributed by atoms with van der Waals surface area (Å²) in [5.74, 6) is 0.364. The third-order valence-electron chi connectivity index (χ3n) is 2.99. The number of halogens is 1. The number of ether oxygens (including phenoxy) is 2. The minimum atomic E-state index is -0.353. The topological polar surface area (TPSA) is 76.7 Å². The molecule has 0 radical (unpaired) electrons. The molecule has 126 valence electrons. The van der Waals surface area contributed by atoms with E-state index in [0.717, 1.165) is 0 Å². The summed E-state index contributed by atoms with van der Waals surface area (Å²) in [7, 11) is 1.51. The molecule has 2 N–H and O–H groups in total. The number of rotatable bonds is 6. The van der Waals surface area contributed by atoms with Crippen molar-refractivity contribution >= 4 is 34.8 Å². The summed E-state index contributed by atoms with van der Waals surface area (Å²) in [4.78, 5) is 23.1. The molecule has 0 bridgehead atoms. The van der Waals surface area contributed by atoms with Crippen molar-refractivity contribution in [2.45, 2.75) is 6.92 Å². The van der Waals surface area contributed by atoms with Crippen molar-refractivity contribution in [3.63, 3.8) is 0 Å². The summed E-state index contributed by atoms with van der Waals surface area (Å²) >= 11 is 6.01. The molecular formula is C17H17ClN2O4. The molecule has 2 rings (SSSR count). The lowest BCUT2D eigenvalue weighted by atomic mass is 10.3. The van der Waals surface area contributed by atoms with Gasteiger partial charge in [0.05, 0.1) is 17.8 Å². The van der Waals surface area contributed by atoms with E-state index in [4.69, 9.17) is 21.1 Å². The maximum atomic E-state index is 12.0. The van der Waals surface area contributed by atoms with Crippen LogP contribution in [0.4, 0.5) is 11.4 Å². The Morgan fingerprint density at radius 2 is 1.83 bits per heavy atom. The zero-order chi connectivity index (χ0) is 17.5. The van der Waals surface area contributed by atoms with E-state index >= 15 is 0 Å². The average Bonchev–Trinajstić information content (AvgIpc) is 2.54. The van der Waals surface area contributed by atoms with Crippen LogP contribution in [0.5, 0.6) is 11.5 Å². The number of benzene rings is 2. The second kappa shape index (κ2) is 8.21. The van der Waals surface area contributed by atoms with E-state index in [1.54, 1.807) is 42.5 Å². The molecule has 0 spiro atoms. The van der Waals surface area contributed by atoms with E-state index in [2.05, 4.69) is 10.6 Å². The van der Waals surface area contributed by atoms with Crippen LogP contribution in [0.15, 0.2) is 42.5 Å². The van der Waals surface area contributed by atoms with Gasteiger partial charge in [-0.2, -0.15) is 0 Å². The van der Waals surface area contributed by atoms with Crippen LogP contribution in [-0.4, -0.2) is 25.5 Å². The molecule has 7 heteroatoms. The second-order valence-electron chi connectivity index (χ2n) is 4.86. The first-order chi connectivity index (χ1) is 11.5. The minimum absolute atomic E-state index is 0.208. The highest BCUT2D eigenvalue weighted by molar-refractivity contribution is 6.32. The third kappa shape index (κ3) is 4.89. The average molecular weight is 349 g/mol. The number of anilines is 2. The number of methoxy groups -OCH3 is 1. The van der Waals surface area contributed by atoms with Crippen LogP contribution in [0.2, 0.25) is 5.02 Å². The monoisotopic (exact) mass is 348 g/mol. The fourth-order valence-electron chi connectivity index (χ4n) is 1.97. The van der Waals surface area contributed by atoms with Crippen LogP contribution >= 0.6 is 11.6 Å². The first kappa shape index (κ1) is 17.6. The van der Waals surface area contributed by atoms with Crippen molar-refractivity contribution in [1.82, 2.24) is 0 Å². The van der Waals surface area contributed by atoms with Gasteiger partial charge in [-0.3, -0.25) is 9.59 Å². The summed E-state index contributed by atoms with van der Waals surface area (Å²) in [6.45, 7) is 1.19. The molecule has 2 amide bonds. The molecule has 24 heavy (non-hydrogen) atoms. The molecular weight excluding hydrogens is 332 g/mol. The van der Waals surface area contributed by atoms with Crippen LogP contribution in [-0.2, 0) is 9.59 Å². The van der Waals surface area contributed by atoms with Crippen molar-refractivity contribution in [3.8, 4) is 11.5 Å². The Balaban J connectivity index is 1.96. The van der Waals surface area contributed by atoms with Crippen LogP contribution in [0.25, 0.3) is 0 Å². The molecule has 0 aromatic heterocycles. The summed E-state index contributed by atoms with van der Waals surface area (Å²) in [5.41, 5.74) is 1.04. The second-order valence-corrected chi connectivity index (χ2v) is 5.27. The van der Waals surface area contributed by atoms with Gasteiger partial charge in [-0.1, -0.05) is 23.7 Å². The summed E-state index contributed by atoms with van der Waals surface area (Å²) in [6.07, 6.45) is 0. The van der Waals surface area contributed by atoms with Gasteiger partial charge >= 0.3 is 0 Å². The fraction of sp³-hybridized carbons (Fsp3) is 0.176. The number of carbonyl (C=O) groups excluding carboxylic acids is 2. The van der Waals surface area contributed by atoms with Crippen LogP contribution in [0.3, 0.4) is 0 Å². The van der Waals surface area contributed by atoms with E-state index in [9.17, 15) is 9.59 Å². The molecule has 6 nitrogen and oxygen atoms in total. The van der Waals surface area contributed by atoms with Gasteiger partial charge < -0.3 is 20.1 Å². The number of hydrogen-bond acceptors (Lipinski definition) is 4. The molecule has 0 unspecified atom stereocenters. The van der Waals surface area contributed by atoms with Gasteiger partial charge in [-0.05, 0) is 30.3 Å². The van der Waals surface area contributed by atoms with Gasteiger partial charge in [0.1, 0.15) is 11.5 Å². The Morgan fingerprint density at radius 3 is 2.50 bits per heavy atom. The lowest BCUT2D eigenvalue weighted by Gasteiger charge is -2.12. The van der Waals surface area contributed by atoms with Crippen molar-refractivity contribution in [3.05, 3.63) is 47.5 Å². The number of hydrogen-bond donors (Lipinski definition) is 2. The number of amides is 2. The Kier molecular flexibility index (Phi) is 6.03. The fourth-order valence-corrected chi connectivity index (χ4v) is 2.23. The molecule has 2 aromatic rings. The smallest absolute Gasteiger partial charge is 0.262 e. The Bertz CT molecular complexity index is 749. The van der Waals surface area contributed by atoms with Gasteiger partial charge in [-0.15, -0.1) is 0 Å². The Hall–Kier alpha value is -2.73. The molecule has 0 aliphatic rings. The van der Waals surface area contributed by atoms with E-state index in [1.165, 1.54) is 14.0 Å². The summed E-state index contributed by atoms with van der Waals surface area (Å²) in [6, 6.07) is 11.8. The van der Waals surface area contributed by atoms with Crippen LogP contribution < -0.4 is 20.1 Å². The lowest BCUT2D eigenvalue weighted by Crippen LogP contribution is -2.20. The maximum absolute atomic E-state index is 12.0. The predicted octanol–water partition coefficient (Wildman–Crippen LogP) is 3.32. The lowest BCUT2D eigenvalue weighted by molar-refractivity contribution is -0.118. The molecule has 0 atom stereocenters. The Morgan fingerprint density at radius 1 is 1.08 bits per heavy atom. The van der Waals surface area contributed by atoms with E-state index in [1.807, 2.05) is 0 Å². The third-order valence-corrected chi connectivity index (χ3v) is 3.29. The normalized spacial score (nSPS) is 9.96. The Labute approximate surface area is 144 Å². The van der Waals surface area contributed by atoms with Crippen molar-refractivity contribution < 1.29 is 19.1 Å². The molecule has 0 saturated carbocycles. The van der Waals surface area contributed by atoms with Crippen LogP contribution in [0.1, 0.15) is 6.92 Å². The first-order valence-corrected chi connectivity index (χ1v) is 7.50. The zero-order valence-electron chi connectivity index (χ0n) is 13.3. The molecule has 0 fully saturated rings. The van der Waals surface area contributed by atoms with Crippen molar-refractivity contribution in [1.29, 1.82) is 0 Å². The standard InChI is InChI=1S/C17H17ClN2O4/c1-11(21)19-14-5-3-4-6-16(14)24-10-17(22)20-12-7-8-15(23-2)13(18)9-12/h3-9H,10H2,1-2H3,(H,19,21)(H,20,22). The maximum Gasteiger partial charge on any atom is 0.262 e. The van der Waals surface area contributed by atoms with Gasteiger partial charge in [0.2, 0.25) is 5.91 Å². The van der Waals surface area contributed by atoms with Gasteiger partial charge in [0.25, 0.3) is 5.91 Å².